The van der Waals surface area contributed by atoms with Crippen LogP contribution in [0.3, 0.4) is 0 Å². The van der Waals surface area contributed by atoms with Gasteiger partial charge in [0.1, 0.15) is 5.82 Å². The number of H-pyrrole nitrogens is 1. The summed E-state index contributed by atoms with van der Waals surface area (Å²) in [6.07, 6.45) is 0.627. The van der Waals surface area contributed by atoms with Crippen molar-refractivity contribution in [2.75, 3.05) is 24.1 Å². The Kier molecular flexibility index (Phi) is 5.29. The van der Waals surface area contributed by atoms with E-state index in [2.05, 4.69) is 15.3 Å². The summed E-state index contributed by atoms with van der Waals surface area (Å²) in [5, 5.41) is 3.95. The van der Waals surface area contributed by atoms with E-state index in [1.165, 1.54) is 6.07 Å². The van der Waals surface area contributed by atoms with E-state index in [0.717, 1.165) is 17.2 Å². The van der Waals surface area contributed by atoms with Crippen LogP contribution < -0.4 is 16.6 Å². The number of nitrogens with one attached hydrogen (secondary N) is 2. The molecule has 0 saturated heterocycles. The molecule has 156 valence electrons. The molecule has 10 heteroatoms. The minimum atomic E-state index is -0.665. The number of nitrogens with zero attached hydrogens (tertiary/aromatic N) is 2. The molecule has 0 saturated carbocycles. The number of aromatic amines is 1. The Morgan fingerprint density at radius 3 is 2.90 bits per heavy atom. The number of fused-ring (bicyclic) bond motifs is 2. The topological polar surface area (TPSA) is 104 Å². The summed E-state index contributed by atoms with van der Waals surface area (Å²) in [4.78, 5) is 32.7. The number of hydrogen-bond acceptors (Lipinski definition) is 5. The van der Waals surface area contributed by atoms with Crippen LogP contribution in [0.4, 0.5) is 16.0 Å². The third kappa shape index (κ3) is 3.68. The molecule has 0 spiro atoms. The number of nitrogens with two attached hydrogens (primary N) is 1. The fraction of sp³-hybridized carbons (Fsp3) is 0.250. The minimum absolute atomic E-state index is 0.0585. The van der Waals surface area contributed by atoms with Gasteiger partial charge >= 0.3 is 0 Å². The zero-order valence-electron chi connectivity index (χ0n) is 15.9. The maximum Gasteiger partial charge on any atom is 0.260 e. The fourth-order valence-corrected chi connectivity index (χ4v) is 4.52. The van der Waals surface area contributed by atoms with E-state index in [1.54, 1.807) is 11.0 Å². The van der Waals surface area contributed by atoms with Gasteiger partial charge in [-0.2, -0.15) is 0 Å². The molecule has 1 aliphatic rings. The van der Waals surface area contributed by atoms with Gasteiger partial charge in [-0.05, 0) is 48.7 Å². The maximum atomic E-state index is 14.4. The highest BCUT2D eigenvalue weighted by Crippen LogP contribution is 2.37. The number of nitrogen functional groups attached to an aromatic ring is 1. The summed E-state index contributed by atoms with van der Waals surface area (Å²) in [6.45, 7) is 2.26. The number of hydrogen-bond donors (Lipinski definition) is 3. The first kappa shape index (κ1) is 20.4. The van der Waals surface area contributed by atoms with Gasteiger partial charge < -0.3 is 16.0 Å². The summed E-state index contributed by atoms with van der Waals surface area (Å²) >= 11 is 12.4. The number of rotatable bonds is 3. The molecule has 0 fully saturated rings. The zero-order chi connectivity index (χ0) is 21.6. The van der Waals surface area contributed by atoms with Crippen LogP contribution in [0.1, 0.15) is 24.1 Å². The van der Waals surface area contributed by atoms with Gasteiger partial charge in [-0.3, -0.25) is 14.6 Å². The van der Waals surface area contributed by atoms with Crippen molar-refractivity contribution < 1.29 is 9.18 Å². The molecule has 2 aromatic carbocycles. The second-order valence-electron chi connectivity index (χ2n) is 7.13. The smallest absolute Gasteiger partial charge is 0.260 e. The van der Waals surface area contributed by atoms with Gasteiger partial charge in [-0.25, -0.2) is 9.37 Å². The van der Waals surface area contributed by atoms with Crippen LogP contribution in [0, 0.1) is 5.82 Å². The second kappa shape index (κ2) is 7.77. The third-order valence-electron chi connectivity index (χ3n) is 5.25. The van der Waals surface area contributed by atoms with E-state index in [9.17, 15) is 14.0 Å². The van der Waals surface area contributed by atoms with Crippen molar-refractivity contribution in [3.63, 3.8) is 0 Å². The van der Waals surface area contributed by atoms with E-state index in [0.29, 0.717) is 23.0 Å². The van der Waals surface area contributed by atoms with Crippen LogP contribution >= 0.6 is 23.2 Å². The lowest BCUT2D eigenvalue weighted by Gasteiger charge is -2.36. The molecule has 1 aliphatic heterocycles. The van der Waals surface area contributed by atoms with Crippen LogP contribution in [-0.2, 0) is 11.2 Å². The third-order valence-corrected chi connectivity index (χ3v) is 5.78. The number of benzene rings is 2. The van der Waals surface area contributed by atoms with E-state index in [1.807, 2.05) is 13.0 Å². The van der Waals surface area contributed by atoms with Crippen molar-refractivity contribution in [3.8, 4) is 0 Å². The lowest BCUT2D eigenvalue weighted by Crippen LogP contribution is -2.42. The molecular weight excluding hydrogens is 432 g/mol. The predicted octanol–water partition coefficient (Wildman–Crippen LogP) is 3.51. The Morgan fingerprint density at radius 1 is 1.37 bits per heavy atom. The molecule has 4 rings (SSSR count). The molecule has 1 atom stereocenters. The van der Waals surface area contributed by atoms with Crippen LogP contribution in [0.5, 0.6) is 0 Å². The molecule has 30 heavy (non-hydrogen) atoms. The average Bonchev–Trinajstić information content (AvgIpc) is 2.66. The van der Waals surface area contributed by atoms with Gasteiger partial charge in [0.15, 0.2) is 0 Å². The monoisotopic (exact) mass is 449 g/mol. The fourth-order valence-electron chi connectivity index (χ4n) is 3.83. The average molecular weight is 450 g/mol. The van der Waals surface area contributed by atoms with Crippen molar-refractivity contribution in [2.45, 2.75) is 19.4 Å². The van der Waals surface area contributed by atoms with Crippen molar-refractivity contribution in [3.05, 3.63) is 61.6 Å². The highest BCUT2D eigenvalue weighted by Gasteiger charge is 2.29. The molecule has 0 bridgehead atoms. The molecule has 0 radical (unpaired) electrons. The molecule has 2 heterocycles. The molecule has 0 aliphatic carbocycles. The van der Waals surface area contributed by atoms with E-state index >= 15 is 0 Å². The summed E-state index contributed by atoms with van der Waals surface area (Å²) in [5.74, 6) is -0.946. The van der Waals surface area contributed by atoms with Crippen molar-refractivity contribution in [1.29, 1.82) is 0 Å². The number of carbonyl (C=O) groups is 1. The van der Waals surface area contributed by atoms with Crippen molar-refractivity contribution >= 4 is 51.6 Å². The van der Waals surface area contributed by atoms with E-state index < -0.39 is 11.4 Å². The molecule has 1 aromatic heterocycles. The first-order valence-corrected chi connectivity index (χ1v) is 10.0. The van der Waals surface area contributed by atoms with Crippen LogP contribution in [-0.4, -0.2) is 33.9 Å². The van der Waals surface area contributed by atoms with E-state index in [4.69, 9.17) is 28.9 Å². The van der Waals surface area contributed by atoms with Gasteiger partial charge in [-0.1, -0.05) is 23.2 Å². The molecule has 7 nitrogen and oxygen atoms in total. The molecule has 1 amide bonds. The van der Waals surface area contributed by atoms with Gasteiger partial charge in [0.25, 0.3) is 5.56 Å². The second-order valence-corrected chi connectivity index (χ2v) is 7.97. The number of aromatic nitrogens is 2. The standard InChI is InChI=1S/C20H18Cl2FN5O2/c1-9-18-10(4-11(21)5-13(18)22)2-3-28(9)17(29)8-25-16-7-15-12(6-14(16)23)19(30)27-20(24)26-15/h4-7,9,25H,2-3,8H2,1H3,(H3,24,26,27,30). The quantitative estimate of drug-likeness (QED) is 0.567. The summed E-state index contributed by atoms with van der Waals surface area (Å²) < 4.78 is 14.4. The lowest BCUT2D eigenvalue weighted by atomic mass is 9.93. The first-order chi connectivity index (χ1) is 14.2. The number of carbonyl (C=O) groups excluding carboxylic acids is 1. The lowest BCUT2D eigenvalue weighted by molar-refractivity contribution is -0.131. The Morgan fingerprint density at radius 2 is 2.13 bits per heavy atom. The first-order valence-electron chi connectivity index (χ1n) is 9.25. The van der Waals surface area contributed by atoms with Crippen LogP contribution in [0.2, 0.25) is 10.0 Å². The van der Waals surface area contributed by atoms with E-state index in [-0.39, 0.29) is 41.0 Å². The van der Waals surface area contributed by atoms with Gasteiger partial charge in [0, 0.05) is 16.6 Å². The summed E-state index contributed by atoms with van der Waals surface area (Å²) in [7, 11) is 0. The Labute approximate surface area is 181 Å². The SMILES string of the molecule is CC1c2c(Cl)cc(Cl)cc2CCN1C(=O)CNc1cc2nc(N)[nH]c(=O)c2cc1F. The molecule has 4 N–H and O–H groups in total. The Balaban J connectivity index is 1.54. The number of halogens is 3. The van der Waals surface area contributed by atoms with Gasteiger partial charge in [0.05, 0.1) is 29.2 Å². The summed E-state index contributed by atoms with van der Waals surface area (Å²) in [5.41, 5.74) is 7.20. The normalized spacial score (nSPS) is 15.9. The highest BCUT2D eigenvalue weighted by molar-refractivity contribution is 6.35. The van der Waals surface area contributed by atoms with Crippen LogP contribution in [0.15, 0.2) is 29.1 Å². The van der Waals surface area contributed by atoms with Gasteiger partial charge in [0.2, 0.25) is 11.9 Å². The van der Waals surface area contributed by atoms with Gasteiger partial charge in [-0.15, -0.1) is 0 Å². The summed E-state index contributed by atoms with van der Waals surface area (Å²) in [6, 6.07) is 5.71. The Hall–Kier alpha value is -2.84. The molecule has 1 unspecified atom stereocenters. The van der Waals surface area contributed by atoms with Crippen molar-refractivity contribution in [2.24, 2.45) is 0 Å². The zero-order valence-corrected chi connectivity index (χ0v) is 17.4. The number of anilines is 2. The van der Waals surface area contributed by atoms with Crippen molar-refractivity contribution in [1.82, 2.24) is 14.9 Å². The minimum Gasteiger partial charge on any atom is -0.374 e. The Bertz CT molecular complexity index is 1230. The highest BCUT2D eigenvalue weighted by atomic mass is 35.5. The number of amides is 1. The maximum absolute atomic E-state index is 14.4. The predicted molar refractivity (Wildman–Crippen MR) is 116 cm³/mol. The molecule has 3 aromatic rings. The largest absolute Gasteiger partial charge is 0.374 e. The van der Waals surface area contributed by atoms with Crippen LogP contribution in [0.25, 0.3) is 10.9 Å². The molecular formula is C20H18Cl2FN5O2.